The van der Waals surface area contributed by atoms with Crippen molar-refractivity contribution in [1.29, 1.82) is 0 Å². The summed E-state index contributed by atoms with van der Waals surface area (Å²) in [6.45, 7) is 0. The highest BCUT2D eigenvalue weighted by Gasteiger charge is 2.03. The second-order valence-electron chi connectivity index (χ2n) is 4.08. The molecule has 0 aliphatic carbocycles. The van der Waals surface area contributed by atoms with Gasteiger partial charge in [0.15, 0.2) is 0 Å². The Morgan fingerprint density at radius 3 is 2.39 bits per heavy atom. The van der Waals surface area contributed by atoms with Crippen molar-refractivity contribution in [3.05, 3.63) is 62.2 Å². The molecule has 0 saturated carbocycles. The monoisotopic (exact) mass is 459 g/mol. The van der Waals surface area contributed by atoms with Gasteiger partial charge < -0.3 is 0 Å². The van der Waals surface area contributed by atoms with E-state index >= 15 is 0 Å². The van der Waals surface area contributed by atoms with Crippen LogP contribution < -0.4 is 5.43 Å². The van der Waals surface area contributed by atoms with E-state index in [4.69, 9.17) is 0 Å². The first-order valence-corrected chi connectivity index (χ1v) is 9.10. The van der Waals surface area contributed by atoms with Gasteiger partial charge in [0.25, 0.3) is 5.69 Å². The number of amidine groups is 1. The zero-order valence-corrected chi connectivity index (χ0v) is 15.3. The number of nitro benzene ring substituents is 1. The van der Waals surface area contributed by atoms with Crippen molar-refractivity contribution in [2.45, 2.75) is 0 Å². The number of hydrogen-bond donors (Lipinski definition) is 2. The van der Waals surface area contributed by atoms with Crippen LogP contribution in [0.4, 0.5) is 17.1 Å². The third-order valence-corrected chi connectivity index (χ3v) is 4.06. The van der Waals surface area contributed by atoms with E-state index in [9.17, 15) is 10.1 Å². The Balaban J connectivity index is 2.03. The molecule has 0 radical (unpaired) electrons. The zero-order valence-electron chi connectivity index (χ0n) is 11.5. The Bertz CT molecular complexity index is 735. The highest BCUT2D eigenvalue weighted by Crippen LogP contribution is 2.19. The number of azo groups is 1. The molecule has 2 aromatic rings. The summed E-state index contributed by atoms with van der Waals surface area (Å²) in [5, 5.41) is 23.0. The van der Waals surface area contributed by atoms with E-state index in [1.807, 2.05) is 24.3 Å². The van der Waals surface area contributed by atoms with E-state index in [0.717, 1.165) is 14.4 Å². The lowest BCUT2D eigenvalue weighted by molar-refractivity contribution is -0.384. The molecule has 0 saturated heterocycles. The van der Waals surface area contributed by atoms with Crippen molar-refractivity contribution in [2.24, 2.45) is 15.3 Å². The van der Waals surface area contributed by atoms with Gasteiger partial charge >= 0.3 is 0 Å². The number of hydrogen-bond acceptors (Lipinski definition) is 7. The van der Waals surface area contributed by atoms with Crippen LogP contribution in [0.1, 0.15) is 0 Å². The summed E-state index contributed by atoms with van der Waals surface area (Å²) in [7, 11) is 1.03. The maximum atomic E-state index is 10.6. The summed E-state index contributed by atoms with van der Waals surface area (Å²) >= 11 is 6.28. The first-order valence-electron chi connectivity index (χ1n) is 6.15. The predicted octanol–water partition coefficient (Wildman–Crippen LogP) is 5.24. The normalized spacial score (nSPS) is 11.7. The van der Waals surface area contributed by atoms with Gasteiger partial charge in [0.1, 0.15) is 0 Å². The Kier molecular flexibility index (Phi) is 6.80. The number of nitrogens with zero attached hydrogens (tertiary/aromatic N) is 4. The minimum Gasteiger partial charge on any atom is -0.276 e. The molecule has 0 atom stereocenters. The fourth-order valence-corrected chi connectivity index (χ4v) is 2.19. The molecule has 0 fully saturated rings. The van der Waals surface area contributed by atoms with Crippen molar-refractivity contribution in [3.8, 4) is 0 Å². The van der Waals surface area contributed by atoms with Gasteiger partial charge in [-0.15, -0.1) is 27.0 Å². The molecule has 0 aliphatic rings. The van der Waals surface area contributed by atoms with E-state index in [0.29, 0.717) is 16.5 Å². The Morgan fingerprint density at radius 2 is 1.83 bits per heavy atom. The lowest BCUT2D eigenvalue weighted by Crippen LogP contribution is -1.94. The molecule has 0 aromatic heterocycles. The molecule has 10 heteroatoms. The van der Waals surface area contributed by atoms with E-state index < -0.39 is 4.92 Å². The average molecular weight is 459 g/mol. The van der Waals surface area contributed by atoms with Gasteiger partial charge in [-0.3, -0.25) is 15.5 Å². The first kappa shape index (κ1) is 17.7. The second kappa shape index (κ2) is 8.84. The van der Waals surface area contributed by atoms with Crippen LogP contribution in [0.15, 0.2) is 63.9 Å². The summed E-state index contributed by atoms with van der Waals surface area (Å²) in [6.07, 6.45) is 0. The molecule has 0 heterocycles. The summed E-state index contributed by atoms with van der Waals surface area (Å²) < 4.78 is 1.11. The van der Waals surface area contributed by atoms with E-state index in [1.165, 1.54) is 12.1 Å². The van der Waals surface area contributed by atoms with Crippen LogP contribution in [-0.2, 0) is 0 Å². The third-order valence-electron chi connectivity index (χ3n) is 2.52. The number of rotatable bonds is 4. The van der Waals surface area contributed by atoms with Gasteiger partial charge in [-0.1, -0.05) is 0 Å². The first-order chi connectivity index (χ1) is 11.1. The highest BCUT2D eigenvalue weighted by molar-refractivity contribution is 14.1. The lowest BCUT2D eigenvalue weighted by atomic mass is 10.3. The van der Waals surface area contributed by atoms with Crippen LogP contribution in [0.2, 0.25) is 0 Å². The largest absolute Gasteiger partial charge is 0.276 e. The molecular weight excluding hydrogens is 449 g/mol. The van der Waals surface area contributed by atoms with E-state index in [2.05, 4.69) is 55.0 Å². The Labute approximate surface area is 154 Å². The number of nitro groups is 1. The fourth-order valence-electron chi connectivity index (χ4n) is 1.44. The maximum absolute atomic E-state index is 10.6. The van der Waals surface area contributed by atoms with Gasteiger partial charge in [-0.05, 0) is 69.8 Å². The molecule has 2 aromatic carbocycles. The van der Waals surface area contributed by atoms with Gasteiger partial charge in [0.2, 0.25) is 5.17 Å². The number of benzene rings is 2. The molecule has 0 bridgehead atoms. The minimum atomic E-state index is -0.461. The van der Waals surface area contributed by atoms with Crippen LogP contribution in [0.25, 0.3) is 0 Å². The molecule has 2 rings (SSSR count). The van der Waals surface area contributed by atoms with Gasteiger partial charge in [0.05, 0.1) is 16.3 Å². The number of hydrazone groups is 1. The van der Waals surface area contributed by atoms with Crippen molar-refractivity contribution in [3.63, 3.8) is 0 Å². The fraction of sp³-hybridized carbons (Fsp3) is 0. The van der Waals surface area contributed by atoms with Crippen LogP contribution in [0, 0.1) is 13.7 Å². The molecule has 0 spiro atoms. The second-order valence-corrected chi connectivity index (χ2v) is 6.42. The SMILES string of the molecule is O=[N+]([O-])c1ccc(NN=C(N=Nc2ccc(I)cc2)SS)cc1. The predicted molar refractivity (Wildman–Crippen MR) is 104 cm³/mol. The smallest absolute Gasteiger partial charge is 0.269 e. The van der Waals surface area contributed by atoms with E-state index in [-0.39, 0.29) is 5.69 Å². The Hall–Kier alpha value is -1.66. The number of thiol groups is 1. The molecule has 118 valence electrons. The number of non-ortho nitro benzene ring substituents is 1. The van der Waals surface area contributed by atoms with E-state index in [1.54, 1.807) is 12.1 Å². The van der Waals surface area contributed by atoms with Crippen molar-refractivity contribution < 1.29 is 4.92 Å². The van der Waals surface area contributed by atoms with Gasteiger partial charge in [-0.25, -0.2) is 0 Å². The summed E-state index contributed by atoms with van der Waals surface area (Å²) in [4.78, 5) is 10.1. The van der Waals surface area contributed by atoms with Crippen molar-refractivity contribution in [2.75, 3.05) is 5.43 Å². The molecule has 0 aliphatic heterocycles. The molecule has 0 unspecified atom stereocenters. The van der Waals surface area contributed by atoms with Crippen LogP contribution in [-0.4, -0.2) is 10.1 Å². The minimum absolute atomic E-state index is 0.0155. The molecule has 23 heavy (non-hydrogen) atoms. The molecule has 7 nitrogen and oxygen atoms in total. The summed E-state index contributed by atoms with van der Waals surface area (Å²) in [6, 6.07) is 13.4. The van der Waals surface area contributed by atoms with Gasteiger partial charge in [-0.2, -0.15) is 0 Å². The zero-order chi connectivity index (χ0) is 16.7. The lowest BCUT2D eigenvalue weighted by Gasteiger charge is -2.00. The maximum Gasteiger partial charge on any atom is 0.269 e. The van der Waals surface area contributed by atoms with Crippen molar-refractivity contribution in [1.82, 2.24) is 0 Å². The highest BCUT2D eigenvalue weighted by atomic mass is 127. The van der Waals surface area contributed by atoms with Crippen LogP contribution in [0.5, 0.6) is 0 Å². The average Bonchev–Trinajstić information content (AvgIpc) is 2.57. The number of halogens is 1. The van der Waals surface area contributed by atoms with Crippen LogP contribution in [0.3, 0.4) is 0 Å². The summed E-state index contributed by atoms with van der Waals surface area (Å²) in [5.41, 5.74) is 4.07. The molecule has 0 amide bonds. The number of anilines is 1. The van der Waals surface area contributed by atoms with Crippen LogP contribution >= 0.6 is 45.0 Å². The number of nitrogens with one attached hydrogen (secondary N) is 1. The molecule has 1 N–H and O–H groups in total. The summed E-state index contributed by atoms with van der Waals surface area (Å²) in [5.74, 6) is 0. The standard InChI is InChI=1S/C13H10IN5O2S2/c14-9-1-3-10(4-2-9)15-17-13(23-22)18-16-11-5-7-12(8-6-11)19(20)21/h1-8,16,22H. The molecular formula is C13H10IN5O2S2. The topological polar surface area (TPSA) is 92.2 Å². The van der Waals surface area contributed by atoms with Gasteiger partial charge in [0, 0.05) is 15.7 Å². The quantitative estimate of drug-likeness (QED) is 0.0956. The van der Waals surface area contributed by atoms with Crippen molar-refractivity contribution >= 4 is 67.3 Å². The Morgan fingerprint density at radius 1 is 1.17 bits per heavy atom. The third kappa shape index (κ3) is 5.80.